The van der Waals surface area contributed by atoms with Crippen molar-refractivity contribution in [3.05, 3.63) is 47.7 Å². The Bertz CT molecular complexity index is 490. The molecule has 0 radical (unpaired) electrons. The molecule has 1 aromatic rings. The summed E-state index contributed by atoms with van der Waals surface area (Å²) in [6.45, 7) is 2.12. The molecule has 1 aliphatic rings. The van der Waals surface area contributed by atoms with Gasteiger partial charge in [-0.2, -0.15) is 0 Å². The van der Waals surface area contributed by atoms with E-state index in [-0.39, 0.29) is 17.8 Å². The van der Waals surface area contributed by atoms with Crippen LogP contribution in [0.4, 0.5) is 4.79 Å². The molecule has 0 aromatic heterocycles. The van der Waals surface area contributed by atoms with Crippen LogP contribution in [-0.2, 0) is 4.74 Å². The van der Waals surface area contributed by atoms with Gasteiger partial charge < -0.3 is 4.74 Å². The van der Waals surface area contributed by atoms with Crippen molar-refractivity contribution in [2.24, 2.45) is 0 Å². The Morgan fingerprint density at radius 3 is 2.50 bits per heavy atom. The summed E-state index contributed by atoms with van der Waals surface area (Å²) in [7, 11) is 1.37. The van der Waals surface area contributed by atoms with Gasteiger partial charge in [0, 0.05) is 24.2 Å². The normalized spacial score (nSPS) is 17.9. The first-order valence-electron chi connectivity index (χ1n) is 5.75. The maximum Gasteiger partial charge on any atom is 0.413 e. The molecule has 1 unspecified atom stereocenters. The van der Waals surface area contributed by atoms with E-state index in [0.717, 1.165) is 5.56 Å². The van der Waals surface area contributed by atoms with Gasteiger partial charge in [0.1, 0.15) is 0 Å². The lowest BCUT2D eigenvalue weighted by atomic mass is 9.98. The molecule has 0 N–H and O–H groups in total. The second-order valence-electron chi connectivity index (χ2n) is 4.25. The van der Waals surface area contributed by atoms with E-state index < -0.39 is 0 Å². The first kappa shape index (κ1) is 12.4. The van der Waals surface area contributed by atoms with Gasteiger partial charge in [0.05, 0.1) is 7.11 Å². The molecule has 18 heavy (non-hydrogen) atoms. The fourth-order valence-electron chi connectivity index (χ4n) is 1.98. The van der Waals surface area contributed by atoms with Crippen molar-refractivity contribution in [3.8, 4) is 0 Å². The summed E-state index contributed by atoms with van der Waals surface area (Å²) in [4.78, 5) is 24.0. The van der Waals surface area contributed by atoms with Gasteiger partial charge in [-0.05, 0) is 12.5 Å². The first-order valence-corrected chi connectivity index (χ1v) is 5.75. The average Bonchev–Trinajstić information content (AvgIpc) is 2.87. The summed E-state index contributed by atoms with van der Waals surface area (Å²) in [5.74, 6) is 0.213. The van der Waals surface area contributed by atoms with Gasteiger partial charge in [0.25, 0.3) is 0 Å². The monoisotopic (exact) mass is 245 g/mol. The molecule has 4 nitrogen and oxygen atoms in total. The molecule has 0 bridgehead atoms. The van der Waals surface area contributed by atoms with Gasteiger partial charge in [-0.3, -0.25) is 9.69 Å². The third-order valence-electron chi connectivity index (χ3n) is 3.05. The average molecular weight is 245 g/mol. The van der Waals surface area contributed by atoms with E-state index in [1.807, 2.05) is 30.3 Å². The van der Waals surface area contributed by atoms with Gasteiger partial charge in [-0.25, -0.2) is 4.79 Å². The maximum atomic E-state index is 11.3. The molecule has 1 atom stereocenters. The standard InChI is InChI=1S/C14H15NO3/c1-10(16)11-3-5-12(6-4-11)13-7-8-15(9-13)14(17)18-2/h3-8,13H,9H2,1-2H3. The highest BCUT2D eigenvalue weighted by atomic mass is 16.5. The zero-order valence-corrected chi connectivity index (χ0v) is 10.4. The van der Waals surface area contributed by atoms with Crippen LogP contribution in [0.5, 0.6) is 0 Å². The number of benzene rings is 1. The molecule has 94 valence electrons. The highest BCUT2D eigenvalue weighted by molar-refractivity contribution is 5.94. The Morgan fingerprint density at radius 2 is 1.94 bits per heavy atom. The molecular weight excluding hydrogens is 230 g/mol. The van der Waals surface area contributed by atoms with E-state index >= 15 is 0 Å². The number of amides is 1. The van der Waals surface area contributed by atoms with Crippen molar-refractivity contribution in [1.82, 2.24) is 4.90 Å². The van der Waals surface area contributed by atoms with Crippen molar-refractivity contribution in [2.45, 2.75) is 12.8 Å². The number of Topliss-reactive ketones (excluding diaryl/α,β-unsaturated/α-hetero) is 1. The number of ketones is 1. The molecule has 0 aliphatic carbocycles. The summed E-state index contributed by atoms with van der Waals surface area (Å²) in [6, 6.07) is 7.47. The van der Waals surface area contributed by atoms with Crippen molar-refractivity contribution in [1.29, 1.82) is 0 Å². The largest absolute Gasteiger partial charge is 0.452 e. The number of hydrogen-bond donors (Lipinski definition) is 0. The number of nitrogens with zero attached hydrogens (tertiary/aromatic N) is 1. The van der Waals surface area contributed by atoms with Crippen molar-refractivity contribution in [3.63, 3.8) is 0 Å². The number of carbonyl (C=O) groups excluding carboxylic acids is 2. The number of methoxy groups -OCH3 is 1. The Balaban J connectivity index is 2.08. The third-order valence-corrected chi connectivity index (χ3v) is 3.05. The lowest BCUT2D eigenvalue weighted by Crippen LogP contribution is -2.25. The van der Waals surface area contributed by atoms with E-state index in [9.17, 15) is 9.59 Å². The summed E-state index contributed by atoms with van der Waals surface area (Å²) < 4.78 is 4.66. The van der Waals surface area contributed by atoms with Gasteiger partial charge in [0.15, 0.2) is 5.78 Å². The fourth-order valence-corrected chi connectivity index (χ4v) is 1.98. The van der Waals surface area contributed by atoms with Crippen molar-refractivity contribution in [2.75, 3.05) is 13.7 Å². The first-order chi connectivity index (χ1) is 8.61. The predicted octanol–water partition coefficient (Wildman–Crippen LogP) is 2.57. The Morgan fingerprint density at radius 1 is 1.28 bits per heavy atom. The van der Waals surface area contributed by atoms with Crippen LogP contribution in [0.3, 0.4) is 0 Å². The van der Waals surface area contributed by atoms with E-state index in [2.05, 4.69) is 4.74 Å². The van der Waals surface area contributed by atoms with Gasteiger partial charge >= 0.3 is 6.09 Å². The summed E-state index contributed by atoms with van der Waals surface area (Å²) in [5, 5.41) is 0. The lowest BCUT2D eigenvalue weighted by molar-refractivity contribution is 0.101. The van der Waals surface area contributed by atoms with Crippen LogP contribution >= 0.6 is 0 Å². The molecule has 0 saturated carbocycles. The number of ether oxygens (including phenoxy) is 1. The molecule has 0 saturated heterocycles. The number of carbonyl (C=O) groups is 2. The van der Waals surface area contributed by atoms with Crippen molar-refractivity contribution >= 4 is 11.9 Å². The number of hydrogen-bond acceptors (Lipinski definition) is 3. The van der Waals surface area contributed by atoms with Gasteiger partial charge in [-0.15, -0.1) is 0 Å². The fraction of sp³-hybridized carbons (Fsp3) is 0.286. The zero-order valence-electron chi connectivity index (χ0n) is 10.4. The van der Waals surface area contributed by atoms with E-state index in [4.69, 9.17) is 0 Å². The Hall–Kier alpha value is -2.10. The topological polar surface area (TPSA) is 46.6 Å². The van der Waals surface area contributed by atoms with Crippen LogP contribution < -0.4 is 0 Å². The second kappa shape index (κ2) is 5.04. The summed E-state index contributed by atoms with van der Waals surface area (Å²) in [5.41, 5.74) is 1.79. The van der Waals surface area contributed by atoms with Crippen LogP contribution in [0.2, 0.25) is 0 Å². The predicted molar refractivity (Wildman–Crippen MR) is 67.4 cm³/mol. The SMILES string of the molecule is COC(=O)N1C=CC(c2ccc(C(C)=O)cc2)C1. The van der Waals surface area contributed by atoms with E-state index in [0.29, 0.717) is 12.1 Å². The minimum absolute atomic E-state index is 0.0553. The summed E-state index contributed by atoms with van der Waals surface area (Å²) >= 11 is 0. The molecule has 1 aromatic carbocycles. The minimum Gasteiger partial charge on any atom is -0.452 e. The summed E-state index contributed by atoms with van der Waals surface area (Å²) in [6.07, 6.45) is 3.34. The molecule has 2 rings (SSSR count). The zero-order chi connectivity index (χ0) is 13.1. The minimum atomic E-state index is -0.353. The Kier molecular flexibility index (Phi) is 3.46. The van der Waals surface area contributed by atoms with Crippen molar-refractivity contribution < 1.29 is 14.3 Å². The molecule has 0 fully saturated rings. The van der Waals surface area contributed by atoms with Crippen LogP contribution in [0.1, 0.15) is 28.8 Å². The molecule has 0 spiro atoms. The van der Waals surface area contributed by atoms with E-state index in [1.54, 1.807) is 13.1 Å². The van der Waals surface area contributed by atoms with Crippen LogP contribution in [0, 0.1) is 0 Å². The quantitative estimate of drug-likeness (QED) is 0.752. The van der Waals surface area contributed by atoms with Crippen LogP contribution in [-0.4, -0.2) is 30.4 Å². The second-order valence-corrected chi connectivity index (χ2v) is 4.25. The highest BCUT2D eigenvalue weighted by Crippen LogP contribution is 2.25. The van der Waals surface area contributed by atoms with Crippen LogP contribution in [0.25, 0.3) is 0 Å². The molecule has 4 heteroatoms. The maximum absolute atomic E-state index is 11.3. The van der Waals surface area contributed by atoms with Crippen LogP contribution in [0.15, 0.2) is 36.5 Å². The molecule has 1 heterocycles. The van der Waals surface area contributed by atoms with Gasteiger partial charge in [0.2, 0.25) is 0 Å². The molecule has 1 amide bonds. The highest BCUT2D eigenvalue weighted by Gasteiger charge is 2.22. The third kappa shape index (κ3) is 2.42. The van der Waals surface area contributed by atoms with E-state index in [1.165, 1.54) is 12.0 Å². The van der Waals surface area contributed by atoms with Gasteiger partial charge in [-0.1, -0.05) is 30.3 Å². The Labute approximate surface area is 106 Å². The lowest BCUT2D eigenvalue weighted by Gasteiger charge is -2.15. The number of rotatable bonds is 2. The molecule has 1 aliphatic heterocycles. The molecular formula is C14H15NO3. The smallest absolute Gasteiger partial charge is 0.413 e.